The fourth-order valence-corrected chi connectivity index (χ4v) is 4.15. The standard InChI is InChI=1S/C17H26N2O4S/c1-23-16-9-7-14(8-10-16)11-12-18-17(20)13-19(24(2,21)22)15-5-3-4-6-15/h7-10,15H,3-6,11-13H2,1-2H3,(H,18,20). The average molecular weight is 354 g/mol. The summed E-state index contributed by atoms with van der Waals surface area (Å²) < 4.78 is 30.3. The van der Waals surface area contributed by atoms with Crippen LogP contribution in [0.3, 0.4) is 0 Å². The van der Waals surface area contributed by atoms with Crippen molar-refractivity contribution in [1.29, 1.82) is 0 Å². The Hall–Kier alpha value is -1.60. The van der Waals surface area contributed by atoms with Crippen LogP contribution in [0.5, 0.6) is 5.75 Å². The molecule has 1 fully saturated rings. The van der Waals surface area contributed by atoms with Crippen LogP contribution in [0, 0.1) is 0 Å². The number of rotatable bonds is 8. The third kappa shape index (κ3) is 5.49. The minimum absolute atomic E-state index is 0.0349. The zero-order chi connectivity index (χ0) is 17.6. The fraction of sp³-hybridized carbons (Fsp3) is 0.588. The smallest absolute Gasteiger partial charge is 0.235 e. The predicted molar refractivity (Wildman–Crippen MR) is 93.5 cm³/mol. The Morgan fingerprint density at radius 3 is 2.42 bits per heavy atom. The van der Waals surface area contributed by atoms with Crippen LogP contribution in [0.15, 0.2) is 24.3 Å². The number of ether oxygens (including phenoxy) is 1. The van der Waals surface area contributed by atoms with Gasteiger partial charge in [0.25, 0.3) is 0 Å². The summed E-state index contributed by atoms with van der Waals surface area (Å²) in [4.78, 5) is 12.1. The van der Waals surface area contributed by atoms with Crippen molar-refractivity contribution in [1.82, 2.24) is 9.62 Å². The molecule has 1 N–H and O–H groups in total. The minimum Gasteiger partial charge on any atom is -0.497 e. The quantitative estimate of drug-likeness (QED) is 0.769. The van der Waals surface area contributed by atoms with E-state index in [0.717, 1.165) is 37.0 Å². The van der Waals surface area contributed by atoms with Crippen molar-refractivity contribution in [2.24, 2.45) is 0 Å². The predicted octanol–water partition coefficient (Wildman–Crippen LogP) is 1.56. The molecule has 1 aromatic rings. The maximum atomic E-state index is 12.1. The molecule has 0 unspecified atom stereocenters. The van der Waals surface area contributed by atoms with Gasteiger partial charge in [0.2, 0.25) is 15.9 Å². The van der Waals surface area contributed by atoms with Crippen LogP contribution in [0.1, 0.15) is 31.2 Å². The van der Waals surface area contributed by atoms with Crippen LogP contribution in [0.4, 0.5) is 0 Å². The SMILES string of the molecule is COc1ccc(CCNC(=O)CN(C2CCCC2)S(C)(=O)=O)cc1. The molecule has 1 amide bonds. The van der Waals surface area contributed by atoms with Crippen molar-refractivity contribution in [3.8, 4) is 5.75 Å². The summed E-state index contributed by atoms with van der Waals surface area (Å²) in [5, 5.41) is 2.81. The van der Waals surface area contributed by atoms with E-state index in [-0.39, 0.29) is 18.5 Å². The molecule has 0 aromatic heterocycles. The summed E-state index contributed by atoms with van der Waals surface area (Å²) in [7, 11) is -1.75. The monoisotopic (exact) mass is 354 g/mol. The van der Waals surface area contributed by atoms with Gasteiger partial charge < -0.3 is 10.1 Å². The van der Waals surface area contributed by atoms with Crippen molar-refractivity contribution >= 4 is 15.9 Å². The first-order chi connectivity index (χ1) is 11.4. The first-order valence-electron chi connectivity index (χ1n) is 8.26. The van der Waals surface area contributed by atoms with Crippen LogP contribution in [-0.2, 0) is 21.2 Å². The number of methoxy groups -OCH3 is 1. The highest BCUT2D eigenvalue weighted by Crippen LogP contribution is 2.25. The van der Waals surface area contributed by atoms with Crippen LogP contribution < -0.4 is 10.1 Å². The average Bonchev–Trinajstić information content (AvgIpc) is 3.06. The minimum atomic E-state index is -3.37. The lowest BCUT2D eigenvalue weighted by Gasteiger charge is -2.25. The molecular formula is C17H26N2O4S. The topological polar surface area (TPSA) is 75.7 Å². The van der Waals surface area contributed by atoms with Gasteiger partial charge in [-0.2, -0.15) is 4.31 Å². The molecule has 6 nitrogen and oxygen atoms in total. The van der Waals surface area contributed by atoms with E-state index in [2.05, 4.69) is 5.32 Å². The van der Waals surface area contributed by atoms with Gasteiger partial charge in [0.05, 0.1) is 19.9 Å². The van der Waals surface area contributed by atoms with Gasteiger partial charge >= 0.3 is 0 Å². The summed E-state index contributed by atoms with van der Waals surface area (Å²) in [5.41, 5.74) is 1.09. The Kier molecular flexibility index (Phi) is 6.62. The zero-order valence-corrected chi connectivity index (χ0v) is 15.1. The lowest BCUT2D eigenvalue weighted by Crippen LogP contribution is -2.45. The Balaban J connectivity index is 1.82. The molecule has 134 valence electrons. The third-order valence-corrected chi connectivity index (χ3v) is 5.63. The second kappa shape index (κ2) is 8.48. The Labute approximate surface area is 144 Å². The Bertz CT molecular complexity index is 637. The molecular weight excluding hydrogens is 328 g/mol. The number of benzene rings is 1. The molecule has 24 heavy (non-hydrogen) atoms. The summed E-state index contributed by atoms with van der Waals surface area (Å²) >= 11 is 0. The molecule has 1 aliphatic carbocycles. The maximum absolute atomic E-state index is 12.1. The normalized spacial score (nSPS) is 15.6. The van der Waals surface area contributed by atoms with E-state index in [0.29, 0.717) is 13.0 Å². The number of carbonyl (C=O) groups excluding carboxylic acids is 1. The number of nitrogens with zero attached hydrogens (tertiary/aromatic N) is 1. The van der Waals surface area contributed by atoms with Crippen LogP contribution in [0.2, 0.25) is 0 Å². The van der Waals surface area contributed by atoms with Gasteiger partial charge in [0.15, 0.2) is 0 Å². The van der Waals surface area contributed by atoms with Crippen LogP contribution >= 0.6 is 0 Å². The number of amides is 1. The van der Waals surface area contributed by atoms with E-state index in [1.165, 1.54) is 10.6 Å². The molecule has 0 radical (unpaired) electrons. The van der Waals surface area contributed by atoms with E-state index in [9.17, 15) is 13.2 Å². The number of nitrogens with one attached hydrogen (secondary N) is 1. The van der Waals surface area contributed by atoms with Gasteiger partial charge in [-0.15, -0.1) is 0 Å². The molecule has 0 spiro atoms. The molecule has 1 saturated carbocycles. The highest BCUT2D eigenvalue weighted by atomic mass is 32.2. The van der Waals surface area contributed by atoms with Crippen molar-refractivity contribution < 1.29 is 17.9 Å². The van der Waals surface area contributed by atoms with E-state index in [1.807, 2.05) is 24.3 Å². The van der Waals surface area contributed by atoms with Gasteiger partial charge in [0, 0.05) is 12.6 Å². The van der Waals surface area contributed by atoms with Crippen molar-refractivity contribution in [3.05, 3.63) is 29.8 Å². The Morgan fingerprint density at radius 2 is 1.88 bits per heavy atom. The number of sulfonamides is 1. The lowest BCUT2D eigenvalue weighted by atomic mass is 10.1. The first kappa shape index (κ1) is 18.7. The third-order valence-electron chi connectivity index (χ3n) is 4.35. The number of hydrogen-bond donors (Lipinski definition) is 1. The molecule has 2 rings (SSSR count). The van der Waals surface area contributed by atoms with Crippen LogP contribution in [0.25, 0.3) is 0 Å². The molecule has 7 heteroatoms. The highest BCUT2D eigenvalue weighted by Gasteiger charge is 2.30. The van der Waals surface area contributed by atoms with Gasteiger partial charge in [-0.3, -0.25) is 4.79 Å². The lowest BCUT2D eigenvalue weighted by molar-refractivity contribution is -0.121. The molecule has 0 bridgehead atoms. The van der Waals surface area contributed by atoms with Crippen molar-refractivity contribution in [2.75, 3.05) is 26.5 Å². The van der Waals surface area contributed by atoms with Gasteiger partial charge in [-0.1, -0.05) is 25.0 Å². The molecule has 0 saturated heterocycles. The maximum Gasteiger partial charge on any atom is 0.235 e. The number of carbonyl (C=O) groups is 1. The molecule has 1 aromatic carbocycles. The van der Waals surface area contributed by atoms with E-state index < -0.39 is 10.0 Å². The summed E-state index contributed by atoms with van der Waals surface area (Å²) in [5.74, 6) is 0.545. The molecule has 1 aliphatic rings. The highest BCUT2D eigenvalue weighted by molar-refractivity contribution is 7.88. The zero-order valence-electron chi connectivity index (χ0n) is 14.3. The van der Waals surface area contributed by atoms with E-state index in [4.69, 9.17) is 4.74 Å². The molecule has 0 heterocycles. The van der Waals surface area contributed by atoms with E-state index >= 15 is 0 Å². The largest absolute Gasteiger partial charge is 0.497 e. The number of hydrogen-bond acceptors (Lipinski definition) is 4. The van der Waals surface area contributed by atoms with Gasteiger partial charge in [-0.05, 0) is 37.0 Å². The second-order valence-corrected chi connectivity index (χ2v) is 8.13. The summed E-state index contributed by atoms with van der Waals surface area (Å²) in [6.45, 7) is 0.388. The van der Waals surface area contributed by atoms with Crippen molar-refractivity contribution in [3.63, 3.8) is 0 Å². The van der Waals surface area contributed by atoms with Crippen LogP contribution in [-0.4, -0.2) is 51.1 Å². The molecule has 0 aliphatic heterocycles. The van der Waals surface area contributed by atoms with Crippen molar-refractivity contribution in [2.45, 2.75) is 38.1 Å². The second-order valence-electron chi connectivity index (χ2n) is 6.19. The summed E-state index contributed by atoms with van der Waals surface area (Å²) in [6.07, 6.45) is 5.60. The summed E-state index contributed by atoms with van der Waals surface area (Å²) in [6, 6.07) is 7.62. The fourth-order valence-electron chi connectivity index (χ4n) is 3.05. The van der Waals surface area contributed by atoms with E-state index in [1.54, 1.807) is 7.11 Å². The Morgan fingerprint density at radius 1 is 1.25 bits per heavy atom. The first-order valence-corrected chi connectivity index (χ1v) is 10.1. The van der Waals surface area contributed by atoms with Gasteiger partial charge in [0.1, 0.15) is 5.75 Å². The van der Waals surface area contributed by atoms with Gasteiger partial charge in [-0.25, -0.2) is 8.42 Å². The molecule has 0 atom stereocenters.